The van der Waals surface area contributed by atoms with Gasteiger partial charge in [-0.1, -0.05) is 0 Å². The van der Waals surface area contributed by atoms with E-state index in [1.54, 1.807) is 4.68 Å². The van der Waals surface area contributed by atoms with Gasteiger partial charge in [-0.25, -0.2) is 13.6 Å². The minimum Gasteiger partial charge on any atom is -0.268 e. The lowest BCUT2D eigenvalue weighted by atomic mass is 10.7. The maximum atomic E-state index is 10.8. The van der Waals surface area contributed by atoms with E-state index in [1.165, 1.54) is 12.4 Å². The molecule has 0 atom stereocenters. The smallest absolute Gasteiger partial charge is 0.241 e. The van der Waals surface area contributed by atoms with Crippen molar-refractivity contribution in [1.82, 2.24) is 9.78 Å². The molecular weight excluding hydrogens is 178 g/mol. The zero-order valence-corrected chi connectivity index (χ0v) is 7.16. The third kappa shape index (κ3) is 1.35. The molecule has 0 saturated heterocycles. The van der Waals surface area contributed by atoms with Gasteiger partial charge in [-0.3, -0.25) is 4.68 Å². The van der Waals surface area contributed by atoms with Gasteiger partial charge in [-0.05, 0) is 12.8 Å². The van der Waals surface area contributed by atoms with Crippen molar-refractivity contribution in [1.29, 1.82) is 0 Å². The van der Waals surface area contributed by atoms with E-state index in [2.05, 4.69) is 5.10 Å². The molecule has 0 amide bonds. The third-order valence-electron chi connectivity index (χ3n) is 1.83. The fourth-order valence-corrected chi connectivity index (χ4v) is 1.46. The molecule has 1 aromatic rings. The van der Waals surface area contributed by atoms with Crippen molar-refractivity contribution in [2.45, 2.75) is 23.8 Å². The second-order valence-corrected chi connectivity index (χ2v) is 4.49. The summed E-state index contributed by atoms with van der Waals surface area (Å²) in [6.45, 7) is 0. The Bertz CT molecular complexity index is 391. The predicted octanol–water partition coefficient (Wildman–Crippen LogP) is -0.135. The highest BCUT2D eigenvalue weighted by molar-refractivity contribution is 7.89. The molecule has 6 heteroatoms. The standard InChI is InChI=1S/C6H9N3O2S/c7-12(10,11)6-3-8-9(4-6)5-1-2-5/h3-5H,1-2H2,(H2,7,10,11). The van der Waals surface area contributed by atoms with E-state index in [0.717, 1.165) is 12.8 Å². The van der Waals surface area contributed by atoms with Crippen molar-refractivity contribution in [3.8, 4) is 0 Å². The highest BCUT2D eigenvalue weighted by Gasteiger charge is 2.25. The van der Waals surface area contributed by atoms with Gasteiger partial charge in [0, 0.05) is 6.20 Å². The lowest BCUT2D eigenvalue weighted by Gasteiger charge is -1.93. The molecule has 2 rings (SSSR count). The molecule has 0 aromatic carbocycles. The van der Waals surface area contributed by atoms with Gasteiger partial charge in [0.25, 0.3) is 0 Å². The summed E-state index contributed by atoms with van der Waals surface area (Å²) in [7, 11) is -3.57. The van der Waals surface area contributed by atoms with E-state index in [1.807, 2.05) is 0 Å². The molecule has 1 saturated carbocycles. The van der Waals surface area contributed by atoms with Crippen LogP contribution in [0.1, 0.15) is 18.9 Å². The van der Waals surface area contributed by atoms with Crippen LogP contribution in [0.2, 0.25) is 0 Å². The molecule has 12 heavy (non-hydrogen) atoms. The first-order valence-electron chi connectivity index (χ1n) is 3.64. The van der Waals surface area contributed by atoms with Crippen molar-refractivity contribution in [2.75, 3.05) is 0 Å². The number of aromatic nitrogens is 2. The van der Waals surface area contributed by atoms with E-state index in [-0.39, 0.29) is 4.90 Å². The van der Waals surface area contributed by atoms with Crippen LogP contribution in [0.25, 0.3) is 0 Å². The van der Waals surface area contributed by atoms with Crippen LogP contribution >= 0.6 is 0 Å². The van der Waals surface area contributed by atoms with Crippen LogP contribution in [0.15, 0.2) is 17.3 Å². The molecule has 0 aliphatic heterocycles. The minimum absolute atomic E-state index is 0.0920. The van der Waals surface area contributed by atoms with Crippen LogP contribution in [0.3, 0.4) is 0 Å². The largest absolute Gasteiger partial charge is 0.268 e. The van der Waals surface area contributed by atoms with Crippen molar-refractivity contribution < 1.29 is 8.42 Å². The monoisotopic (exact) mass is 187 g/mol. The predicted molar refractivity (Wildman–Crippen MR) is 41.9 cm³/mol. The van der Waals surface area contributed by atoms with Crippen LogP contribution in [0.5, 0.6) is 0 Å². The van der Waals surface area contributed by atoms with E-state index in [4.69, 9.17) is 5.14 Å². The summed E-state index contributed by atoms with van der Waals surface area (Å²) in [6, 6.07) is 0.389. The summed E-state index contributed by atoms with van der Waals surface area (Å²) in [5, 5.41) is 8.81. The summed E-state index contributed by atoms with van der Waals surface area (Å²) in [6.07, 6.45) is 4.91. The molecule has 0 spiro atoms. The first-order valence-corrected chi connectivity index (χ1v) is 5.19. The maximum absolute atomic E-state index is 10.8. The quantitative estimate of drug-likeness (QED) is 0.700. The molecule has 1 aromatic heterocycles. The van der Waals surface area contributed by atoms with E-state index in [0.29, 0.717) is 6.04 Å². The lowest BCUT2D eigenvalue weighted by molar-refractivity contribution is 0.597. The second-order valence-electron chi connectivity index (χ2n) is 2.93. The zero-order chi connectivity index (χ0) is 8.77. The third-order valence-corrected chi connectivity index (χ3v) is 2.70. The Morgan fingerprint density at radius 3 is 2.67 bits per heavy atom. The summed E-state index contributed by atoms with van der Waals surface area (Å²) >= 11 is 0. The Kier molecular flexibility index (Phi) is 1.49. The Hall–Kier alpha value is -0.880. The fraction of sp³-hybridized carbons (Fsp3) is 0.500. The van der Waals surface area contributed by atoms with Crippen LogP contribution in [-0.2, 0) is 10.0 Å². The van der Waals surface area contributed by atoms with Crippen molar-refractivity contribution in [3.63, 3.8) is 0 Å². The molecule has 0 radical (unpaired) electrons. The number of primary sulfonamides is 1. The molecular formula is C6H9N3O2S. The number of nitrogens with zero attached hydrogens (tertiary/aromatic N) is 2. The number of hydrogen-bond donors (Lipinski definition) is 1. The Morgan fingerprint density at radius 2 is 2.25 bits per heavy atom. The molecule has 5 nitrogen and oxygen atoms in total. The summed E-state index contributed by atoms with van der Waals surface area (Å²) in [4.78, 5) is 0.0920. The van der Waals surface area contributed by atoms with Crippen LogP contribution in [-0.4, -0.2) is 18.2 Å². The molecule has 1 aliphatic carbocycles. The number of hydrogen-bond acceptors (Lipinski definition) is 3. The summed E-state index contributed by atoms with van der Waals surface area (Å²) < 4.78 is 23.3. The molecule has 1 fully saturated rings. The fourth-order valence-electron chi connectivity index (χ4n) is 1.01. The number of sulfonamides is 1. The van der Waals surface area contributed by atoms with Gasteiger partial charge in [0.2, 0.25) is 10.0 Å². The van der Waals surface area contributed by atoms with Crippen LogP contribution in [0, 0.1) is 0 Å². The Labute approximate surface area is 70.2 Å². The minimum atomic E-state index is -3.57. The second kappa shape index (κ2) is 2.30. The van der Waals surface area contributed by atoms with Gasteiger partial charge in [0.05, 0.1) is 12.2 Å². The Morgan fingerprint density at radius 1 is 1.58 bits per heavy atom. The Balaban J connectivity index is 2.35. The van der Waals surface area contributed by atoms with Crippen molar-refractivity contribution in [3.05, 3.63) is 12.4 Å². The van der Waals surface area contributed by atoms with Crippen LogP contribution in [0.4, 0.5) is 0 Å². The molecule has 0 bridgehead atoms. The molecule has 1 aliphatic rings. The maximum Gasteiger partial charge on any atom is 0.241 e. The van der Waals surface area contributed by atoms with Gasteiger partial charge in [-0.2, -0.15) is 5.10 Å². The lowest BCUT2D eigenvalue weighted by Crippen LogP contribution is -2.11. The molecule has 2 N–H and O–H groups in total. The molecule has 0 unspecified atom stereocenters. The SMILES string of the molecule is NS(=O)(=O)c1cnn(C2CC2)c1. The zero-order valence-electron chi connectivity index (χ0n) is 6.34. The van der Waals surface area contributed by atoms with Crippen molar-refractivity contribution >= 4 is 10.0 Å². The van der Waals surface area contributed by atoms with Gasteiger partial charge < -0.3 is 0 Å². The molecule has 66 valence electrons. The van der Waals surface area contributed by atoms with Crippen LogP contribution < -0.4 is 5.14 Å². The normalized spacial score (nSPS) is 18.1. The average molecular weight is 187 g/mol. The average Bonchev–Trinajstić information content (AvgIpc) is 2.66. The van der Waals surface area contributed by atoms with E-state index < -0.39 is 10.0 Å². The number of nitrogens with two attached hydrogens (primary N) is 1. The summed E-state index contributed by atoms with van der Waals surface area (Å²) in [5.74, 6) is 0. The summed E-state index contributed by atoms with van der Waals surface area (Å²) in [5.41, 5.74) is 0. The highest BCUT2D eigenvalue weighted by Crippen LogP contribution is 2.34. The van der Waals surface area contributed by atoms with Gasteiger partial charge >= 0.3 is 0 Å². The topological polar surface area (TPSA) is 78.0 Å². The molecule has 1 heterocycles. The van der Waals surface area contributed by atoms with Gasteiger partial charge in [-0.15, -0.1) is 0 Å². The first-order chi connectivity index (χ1) is 5.57. The van der Waals surface area contributed by atoms with Crippen molar-refractivity contribution in [2.24, 2.45) is 5.14 Å². The van der Waals surface area contributed by atoms with Gasteiger partial charge in [0.15, 0.2) is 0 Å². The number of rotatable bonds is 2. The van der Waals surface area contributed by atoms with E-state index >= 15 is 0 Å². The van der Waals surface area contributed by atoms with E-state index in [9.17, 15) is 8.42 Å². The first kappa shape index (κ1) is 7.75. The van der Waals surface area contributed by atoms with Gasteiger partial charge in [0.1, 0.15) is 4.90 Å². The highest BCUT2D eigenvalue weighted by atomic mass is 32.2.